The third-order valence-electron chi connectivity index (χ3n) is 5.02. The fourth-order valence-corrected chi connectivity index (χ4v) is 4.31. The lowest BCUT2D eigenvalue weighted by Gasteiger charge is -2.30. The van der Waals surface area contributed by atoms with Gasteiger partial charge in [0, 0.05) is 34.8 Å². The number of morpholine rings is 1. The van der Waals surface area contributed by atoms with E-state index >= 15 is 0 Å². The molecule has 0 spiro atoms. The van der Waals surface area contributed by atoms with Gasteiger partial charge in [-0.15, -0.1) is 0 Å². The van der Waals surface area contributed by atoms with E-state index in [9.17, 15) is 4.79 Å². The highest BCUT2D eigenvalue weighted by Crippen LogP contribution is 2.32. The standard InChI is InChI=1S/C24H20Cl3N3O3S/c25-15-1-5-18(19(27)13-15)22-7-3-17(33-22)4-8-23(31)29-24(34)28-20-14-16(26)2-6-21(20)30-9-11-32-12-10-30/h1-8,13-14H,9-12H2,(H2,28,29,31,34). The minimum absolute atomic E-state index is 0.152. The number of carbonyl (C=O) groups excluding carboxylic acids is 1. The van der Waals surface area contributed by atoms with Gasteiger partial charge in [0.1, 0.15) is 11.5 Å². The van der Waals surface area contributed by atoms with Crippen LogP contribution in [-0.4, -0.2) is 37.3 Å². The summed E-state index contributed by atoms with van der Waals surface area (Å²) in [6, 6.07) is 14.2. The second-order valence-electron chi connectivity index (χ2n) is 7.36. The first-order chi connectivity index (χ1) is 16.4. The summed E-state index contributed by atoms with van der Waals surface area (Å²) in [7, 11) is 0. The Morgan fingerprint density at radius 1 is 1.00 bits per heavy atom. The van der Waals surface area contributed by atoms with Crippen LogP contribution in [0.5, 0.6) is 0 Å². The van der Waals surface area contributed by atoms with Gasteiger partial charge in [0.25, 0.3) is 0 Å². The second kappa shape index (κ2) is 11.3. The van der Waals surface area contributed by atoms with Gasteiger partial charge in [0.2, 0.25) is 5.91 Å². The van der Waals surface area contributed by atoms with Crippen molar-refractivity contribution < 1.29 is 13.9 Å². The van der Waals surface area contributed by atoms with Gasteiger partial charge in [-0.05, 0) is 66.8 Å². The lowest BCUT2D eigenvalue weighted by molar-refractivity contribution is -0.115. The Morgan fingerprint density at radius 2 is 1.74 bits per heavy atom. The van der Waals surface area contributed by atoms with Crippen molar-refractivity contribution >= 4 is 75.5 Å². The van der Waals surface area contributed by atoms with E-state index in [1.165, 1.54) is 6.08 Å². The molecule has 34 heavy (non-hydrogen) atoms. The lowest BCUT2D eigenvalue weighted by Crippen LogP contribution is -2.37. The van der Waals surface area contributed by atoms with Gasteiger partial charge in [-0.25, -0.2) is 0 Å². The van der Waals surface area contributed by atoms with E-state index < -0.39 is 5.91 Å². The first-order valence-electron chi connectivity index (χ1n) is 10.4. The van der Waals surface area contributed by atoms with Crippen LogP contribution in [0.2, 0.25) is 15.1 Å². The number of amides is 1. The molecule has 0 bridgehead atoms. The number of furan rings is 1. The topological polar surface area (TPSA) is 66.7 Å². The smallest absolute Gasteiger partial charge is 0.250 e. The van der Waals surface area contributed by atoms with Crippen molar-refractivity contribution in [3.8, 4) is 11.3 Å². The third-order valence-corrected chi connectivity index (χ3v) is 6.00. The van der Waals surface area contributed by atoms with Crippen molar-refractivity contribution in [1.82, 2.24) is 5.32 Å². The fourth-order valence-electron chi connectivity index (χ4n) is 3.43. The lowest BCUT2D eigenvalue weighted by atomic mass is 10.2. The molecule has 1 aliphatic heterocycles. The number of halogens is 3. The van der Waals surface area contributed by atoms with E-state index in [0.717, 1.165) is 18.8 Å². The molecule has 0 saturated carbocycles. The minimum Gasteiger partial charge on any atom is -0.457 e. The molecule has 0 unspecified atom stereocenters. The highest BCUT2D eigenvalue weighted by atomic mass is 35.5. The zero-order chi connectivity index (χ0) is 24.1. The molecule has 1 amide bonds. The Kier molecular flexibility index (Phi) is 8.13. The van der Waals surface area contributed by atoms with Crippen LogP contribution >= 0.6 is 47.0 Å². The van der Waals surface area contributed by atoms with Crippen LogP contribution in [0.1, 0.15) is 5.76 Å². The van der Waals surface area contributed by atoms with Gasteiger partial charge in [-0.1, -0.05) is 34.8 Å². The Morgan fingerprint density at radius 3 is 2.50 bits per heavy atom. The number of hydrogen-bond donors (Lipinski definition) is 2. The first kappa shape index (κ1) is 24.6. The van der Waals surface area contributed by atoms with Crippen LogP contribution in [0, 0.1) is 0 Å². The second-order valence-corrected chi connectivity index (χ2v) is 9.05. The van der Waals surface area contributed by atoms with E-state index in [-0.39, 0.29) is 5.11 Å². The molecular formula is C24H20Cl3N3O3S. The molecule has 6 nitrogen and oxygen atoms in total. The number of hydrogen-bond acceptors (Lipinski definition) is 5. The van der Waals surface area contributed by atoms with Gasteiger partial charge >= 0.3 is 0 Å². The summed E-state index contributed by atoms with van der Waals surface area (Å²) in [6.07, 6.45) is 2.88. The molecule has 2 aromatic carbocycles. The normalized spacial score (nSPS) is 13.8. The summed E-state index contributed by atoms with van der Waals surface area (Å²) in [5, 5.41) is 7.42. The summed E-state index contributed by atoms with van der Waals surface area (Å²) in [5.74, 6) is 0.643. The summed E-state index contributed by atoms with van der Waals surface area (Å²) < 4.78 is 11.2. The van der Waals surface area contributed by atoms with Crippen molar-refractivity contribution in [2.45, 2.75) is 0 Å². The molecule has 2 N–H and O–H groups in total. The Balaban J connectivity index is 1.38. The van der Waals surface area contributed by atoms with E-state index in [0.29, 0.717) is 51.1 Å². The van der Waals surface area contributed by atoms with Crippen LogP contribution < -0.4 is 15.5 Å². The van der Waals surface area contributed by atoms with Gasteiger partial charge in [0.05, 0.1) is 29.6 Å². The van der Waals surface area contributed by atoms with Gasteiger partial charge < -0.3 is 19.4 Å². The highest BCUT2D eigenvalue weighted by Gasteiger charge is 2.16. The molecule has 10 heteroatoms. The van der Waals surface area contributed by atoms with Crippen LogP contribution in [0.4, 0.5) is 11.4 Å². The number of rotatable bonds is 5. The monoisotopic (exact) mass is 535 g/mol. The van der Waals surface area contributed by atoms with E-state index in [1.54, 1.807) is 42.5 Å². The molecule has 1 aliphatic rings. The molecule has 0 atom stereocenters. The molecule has 1 saturated heterocycles. The van der Waals surface area contributed by atoms with Crippen molar-refractivity contribution in [3.05, 3.63) is 75.4 Å². The zero-order valence-corrected chi connectivity index (χ0v) is 20.9. The SMILES string of the molecule is O=C(C=Cc1ccc(-c2ccc(Cl)cc2Cl)o1)NC(=S)Nc1cc(Cl)ccc1N1CCOCC1. The van der Waals surface area contributed by atoms with Crippen LogP contribution in [0.25, 0.3) is 17.4 Å². The Bertz CT molecular complexity index is 1240. The molecule has 176 valence electrons. The average Bonchev–Trinajstić information content (AvgIpc) is 3.27. The van der Waals surface area contributed by atoms with E-state index in [4.69, 9.17) is 56.2 Å². The third kappa shape index (κ3) is 6.31. The Labute approximate surface area is 217 Å². The number of anilines is 2. The van der Waals surface area contributed by atoms with Crippen molar-refractivity contribution in [2.24, 2.45) is 0 Å². The number of thiocarbonyl (C=S) groups is 1. The largest absolute Gasteiger partial charge is 0.457 e. The number of carbonyl (C=O) groups is 1. The molecule has 1 fully saturated rings. The summed E-state index contributed by atoms with van der Waals surface area (Å²) >= 11 is 23.7. The van der Waals surface area contributed by atoms with Crippen LogP contribution in [0.15, 0.2) is 59.0 Å². The number of benzene rings is 2. The molecule has 1 aromatic heterocycles. The quantitative estimate of drug-likeness (QED) is 0.296. The number of ether oxygens (including phenoxy) is 1. The Hall–Kier alpha value is -2.55. The van der Waals surface area contributed by atoms with Gasteiger partial charge in [0.15, 0.2) is 5.11 Å². The molecule has 2 heterocycles. The van der Waals surface area contributed by atoms with E-state index in [2.05, 4.69) is 15.5 Å². The highest BCUT2D eigenvalue weighted by molar-refractivity contribution is 7.80. The van der Waals surface area contributed by atoms with Crippen LogP contribution in [0.3, 0.4) is 0 Å². The zero-order valence-electron chi connectivity index (χ0n) is 17.8. The maximum Gasteiger partial charge on any atom is 0.250 e. The molecule has 3 aromatic rings. The summed E-state index contributed by atoms with van der Waals surface area (Å²) in [5.41, 5.74) is 2.35. The summed E-state index contributed by atoms with van der Waals surface area (Å²) in [4.78, 5) is 14.6. The first-order valence-corrected chi connectivity index (χ1v) is 11.9. The van der Waals surface area contributed by atoms with E-state index in [1.807, 2.05) is 12.1 Å². The van der Waals surface area contributed by atoms with Gasteiger partial charge in [-0.2, -0.15) is 0 Å². The molecule has 0 radical (unpaired) electrons. The minimum atomic E-state index is -0.407. The fraction of sp³-hybridized carbons (Fsp3) is 0.167. The molecular weight excluding hydrogens is 517 g/mol. The number of nitrogens with zero attached hydrogens (tertiary/aromatic N) is 1. The van der Waals surface area contributed by atoms with Crippen molar-refractivity contribution in [2.75, 3.05) is 36.5 Å². The molecule has 4 rings (SSSR count). The molecule has 0 aliphatic carbocycles. The maximum absolute atomic E-state index is 12.4. The van der Waals surface area contributed by atoms with Crippen molar-refractivity contribution in [1.29, 1.82) is 0 Å². The van der Waals surface area contributed by atoms with Gasteiger partial charge in [-0.3, -0.25) is 10.1 Å². The summed E-state index contributed by atoms with van der Waals surface area (Å²) in [6.45, 7) is 2.80. The maximum atomic E-state index is 12.4. The van der Waals surface area contributed by atoms with Crippen molar-refractivity contribution in [3.63, 3.8) is 0 Å². The average molecular weight is 537 g/mol. The van der Waals surface area contributed by atoms with Crippen LogP contribution in [-0.2, 0) is 9.53 Å². The predicted molar refractivity (Wildman–Crippen MR) is 142 cm³/mol. The number of nitrogens with one attached hydrogen (secondary N) is 2. The predicted octanol–water partition coefficient (Wildman–Crippen LogP) is 6.27.